The van der Waals surface area contributed by atoms with Crippen LogP contribution in [0.1, 0.15) is 29.2 Å². The quantitative estimate of drug-likeness (QED) is 0.659. The second-order valence-electron chi connectivity index (χ2n) is 3.69. The van der Waals surface area contributed by atoms with Crippen molar-refractivity contribution < 1.29 is 0 Å². The van der Waals surface area contributed by atoms with Gasteiger partial charge in [-0.25, -0.2) is 0 Å². The summed E-state index contributed by atoms with van der Waals surface area (Å²) in [5.74, 6) is 0.844. The molecule has 12 heavy (non-hydrogen) atoms. The molecule has 1 atom stereocenters. The van der Waals surface area contributed by atoms with E-state index in [0.717, 1.165) is 5.92 Å². The van der Waals surface area contributed by atoms with Gasteiger partial charge in [0.15, 0.2) is 0 Å². The third kappa shape index (κ3) is 1.66. The van der Waals surface area contributed by atoms with Gasteiger partial charge in [0.25, 0.3) is 0 Å². The third-order valence-corrected chi connectivity index (χ3v) is 3.21. The summed E-state index contributed by atoms with van der Waals surface area (Å²) in [5.41, 5.74) is 2.71. The second kappa shape index (κ2) is 3.14. The van der Waals surface area contributed by atoms with Crippen LogP contribution in [0.25, 0.3) is 0 Å². The van der Waals surface area contributed by atoms with Crippen LogP contribution in [0, 0.1) is 12.8 Å². The summed E-state index contributed by atoms with van der Waals surface area (Å²) in [6.45, 7) is 2.12. The summed E-state index contributed by atoms with van der Waals surface area (Å²) in [5, 5.41) is 0.477. The van der Waals surface area contributed by atoms with Crippen LogP contribution in [0.4, 0.5) is 0 Å². The molecular formula is C11H14S. The molecule has 0 spiro atoms. The summed E-state index contributed by atoms with van der Waals surface area (Å²) in [4.78, 5) is 0. The third-order valence-electron chi connectivity index (χ3n) is 2.49. The van der Waals surface area contributed by atoms with Crippen molar-refractivity contribution in [1.82, 2.24) is 0 Å². The highest BCUT2D eigenvalue weighted by Crippen LogP contribution is 2.44. The Hall–Kier alpha value is -0.430. The van der Waals surface area contributed by atoms with Gasteiger partial charge in [0.1, 0.15) is 0 Å². The molecule has 0 aromatic heterocycles. The molecule has 1 aliphatic rings. The van der Waals surface area contributed by atoms with E-state index in [1.54, 1.807) is 0 Å². The zero-order valence-corrected chi connectivity index (χ0v) is 8.22. The van der Waals surface area contributed by atoms with Crippen molar-refractivity contribution in [3.05, 3.63) is 35.4 Å². The fourth-order valence-corrected chi connectivity index (χ4v) is 1.92. The monoisotopic (exact) mass is 178 g/mol. The van der Waals surface area contributed by atoms with Gasteiger partial charge in [-0.2, -0.15) is 12.6 Å². The molecule has 2 rings (SSSR count). The van der Waals surface area contributed by atoms with Crippen molar-refractivity contribution in [3.63, 3.8) is 0 Å². The van der Waals surface area contributed by atoms with E-state index in [0.29, 0.717) is 5.25 Å². The predicted octanol–water partition coefficient (Wildman–Crippen LogP) is 3.38. The molecule has 0 N–H and O–H groups in total. The molecule has 64 valence electrons. The van der Waals surface area contributed by atoms with Gasteiger partial charge in [-0.05, 0) is 31.2 Å². The highest BCUT2D eigenvalue weighted by molar-refractivity contribution is 7.80. The molecule has 0 amide bonds. The minimum absolute atomic E-state index is 0.477. The summed E-state index contributed by atoms with van der Waals surface area (Å²) >= 11 is 4.61. The van der Waals surface area contributed by atoms with E-state index < -0.39 is 0 Å². The lowest BCUT2D eigenvalue weighted by Gasteiger charge is -2.09. The Labute approximate surface area is 79.4 Å². The predicted molar refractivity (Wildman–Crippen MR) is 55.6 cm³/mol. The van der Waals surface area contributed by atoms with Gasteiger partial charge in [0.2, 0.25) is 0 Å². The van der Waals surface area contributed by atoms with Gasteiger partial charge < -0.3 is 0 Å². The molecule has 0 nitrogen and oxygen atoms in total. The van der Waals surface area contributed by atoms with Crippen LogP contribution >= 0.6 is 12.6 Å². The van der Waals surface area contributed by atoms with Crippen LogP contribution in [0.15, 0.2) is 24.3 Å². The Morgan fingerprint density at radius 2 is 1.83 bits per heavy atom. The summed E-state index contributed by atoms with van der Waals surface area (Å²) in [6, 6.07) is 8.73. The van der Waals surface area contributed by atoms with E-state index in [4.69, 9.17) is 0 Å². The van der Waals surface area contributed by atoms with Crippen molar-refractivity contribution in [2.24, 2.45) is 5.92 Å². The number of thiol groups is 1. The molecule has 1 aromatic carbocycles. The molecule has 0 aliphatic heterocycles. The first kappa shape index (κ1) is 8.18. The van der Waals surface area contributed by atoms with Crippen LogP contribution in [-0.4, -0.2) is 0 Å². The maximum atomic E-state index is 4.61. The zero-order valence-electron chi connectivity index (χ0n) is 7.33. The van der Waals surface area contributed by atoms with Gasteiger partial charge in [0, 0.05) is 5.25 Å². The maximum absolute atomic E-state index is 4.61. The highest BCUT2D eigenvalue weighted by Gasteiger charge is 2.29. The molecule has 0 radical (unpaired) electrons. The molecule has 1 fully saturated rings. The standard InChI is InChI=1S/C11H14S/c1-8-2-4-9(5-3-8)11(12)10-6-7-10/h2-5,10-12H,6-7H2,1H3. The van der Waals surface area contributed by atoms with Gasteiger partial charge in [-0.1, -0.05) is 29.8 Å². The fourth-order valence-electron chi connectivity index (χ4n) is 1.45. The van der Waals surface area contributed by atoms with Gasteiger partial charge in [-0.15, -0.1) is 0 Å². The largest absolute Gasteiger partial charge is 0.171 e. The number of rotatable bonds is 2. The molecular weight excluding hydrogens is 164 g/mol. The SMILES string of the molecule is Cc1ccc(C(S)C2CC2)cc1. The minimum Gasteiger partial charge on any atom is -0.171 e. The van der Waals surface area contributed by atoms with Crippen molar-refractivity contribution in [1.29, 1.82) is 0 Å². The second-order valence-corrected chi connectivity index (χ2v) is 4.25. The van der Waals surface area contributed by atoms with Crippen molar-refractivity contribution in [2.75, 3.05) is 0 Å². The lowest BCUT2D eigenvalue weighted by molar-refractivity contribution is 0.814. The van der Waals surface area contributed by atoms with Crippen LogP contribution < -0.4 is 0 Å². The average Bonchev–Trinajstić information content (AvgIpc) is 2.87. The topological polar surface area (TPSA) is 0 Å². The minimum atomic E-state index is 0.477. The van der Waals surface area contributed by atoms with Crippen molar-refractivity contribution in [2.45, 2.75) is 25.0 Å². The average molecular weight is 178 g/mol. The first-order valence-corrected chi connectivity index (χ1v) is 5.03. The molecule has 1 unspecified atom stereocenters. The van der Waals surface area contributed by atoms with E-state index in [9.17, 15) is 0 Å². The fraction of sp³-hybridized carbons (Fsp3) is 0.455. The van der Waals surface area contributed by atoms with Crippen LogP contribution in [0.3, 0.4) is 0 Å². The molecule has 1 heteroatoms. The lowest BCUT2D eigenvalue weighted by Crippen LogP contribution is -1.91. The van der Waals surface area contributed by atoms with Crippen molar-refractivity contribution in [3.8, 4) is 0 Å². The Kier molecular flexibility index (Phi) is 2.14. The number of hydrogen-bond donors (Lipinski definition) is 1. The lowest BCUT2D eigenvalue weighted by atomic mass is 10.1. The number of hydrogen-bond acceptors (Lipinski definition) is 1. The summed E-state index contributed by atoms with van der Waals surface area (Å²) in [6.07, 6.45) is 2.73. The van der Waals surface area contributed by atoms with E-state index in [1.165, 1.54) is 24.0 Å². The Morgan fingerprint density at radius 1 is 1.25 bits per heavy atom. The van der Waals surface area contributed by atoms with E-state index in [-0.39, 0.29) is 0 Å². The van der Waals surface area contributed by atoms with Crippen molar-refractivity contribution >= 4 is 12.6 Å². The van der Waals surface area contributed by atoms with Gasteiger partial charge in [-0.3, -0.25) is 0 Å². The molecule has 1 aromatic rings. The van der Waals surface area contributed by atoms with E-state index in [1.807, 2.05) is 0 Å². The smallest absolute Gasteiger partial charge is 0.0295 e. The normalized spacial score (nSPS) is 19.2. The number of benzene rings is 1. The first-order valence-electron chi connectivity index (χ1n) is 4.52. The molecule has 1 saturated carbocycles. The van der Waals surface area contributed by atoms with Crippen LogP contribution in [-0.2, 0) is 0 Å². The van der Waals surface area contributed by atoms with Crippen LogP contribution in [0.5, 0.6) is 0 Å². The van der Waals surface area contributed by atoms with E-state index in [2.05, 4.69) is 43.8 Å². The maximum Gasteiger partial charge on any atom is 0.0295 e. The Morgan fingerprint density at radius 3 is 2.33 bits per heavy atom. The molecule has 1 aliphatic carbocycles. The van der Waals surface area contributed by atoms with Gasteiger partial charge >= 0.3 is 0 Å². The first-order chi connectivity index (χ1) is 5.77. The Balaban J connectivity index is 2.16. The molecule has 0 heterocycles. The highest BCUT2D eigenvalue weighted by atomic mass is 32.1. The summed E-state index contributed by atoms with van der Waals surface area (Å²) in [7, 11) is 0. The van der Waals surface area contributed by atoms with Gasteiger partial charge in [0.05, 0.1) is 0 Å². The Bertz CT molecular complexity index is 259. The zero-order chi connectivity index (χ0) is 8.55. The molecule has 0 bridgehead atoms. The summed E-state index contributed by atoms with van der Waals surface area (Å²) < 4.78 is 0. The van der Waals surface area contributed by atoms with Crippen LogP contribution in [0.2, 0.25) is 0 Å². The number of aryl methyl sites for hydroxylation is 1. The van der Waals surface area contributed by atoms with E-state index >= 15 is 0 Å². The molecule has 0 saturated heterocycles.